The first-order chi connectivity index (χ1) is 16.8. The fraction of sp³-hybridized carbons (Fsp3) is 0.423. The van der Waals surface area contributed by atoms with Gasteiger partial charge in [0.1, 0.15) is 12.3 Å². The number of piperazine rings is 1. The zero-order valence-corrected chi connectivity index (χ0v) is 20.0. The zero-order valence-electron chi connectivity index (χ0n) is 20.0. The van der Waals surface area contributed by atoms with Crippen LogP contribution in [-0.2, 0) is 20.8 Å². The maximum absolute atomic E-state index is 13.8. The van der Waals surface area contributed by atoms with E-state index in [1.54, 1.807) is 35.1 Å². The number of amides is 3. The second kappa shape index (κ2) is 10.3. The summed E-state index contributed by atoms with van der Waals surface area (Å²) in [7, 11) is 2.98. The molecule has 1 N–H and O–H groups in total. The van der Waals surface area contributed by atoms with Crippen LogP contribution in [0.15, 0.2) is 42.5 Å². The molecule has 2 heterocycles. The van der Waals surface area contributed by atoms with Gasteiger partial charge < -0.3 is 24.6 Å². The lowest BCUT2D eigenvalue weighted by molar-refractivity contribution is -0.137. The summed E-state index contributed by atoms with van der Waals surface area (Å²) < 4.78 is 24.1. The topological polar surface area (TPSA) is 88.2 Å². The number of hydrogen-bond acceptors (Lipinski definition) is 5. The number of hydrogen-bond donors (Lipinski definition) is 1. The van der Waals surface area contributed by atoms with Crippen molar-refractivity contribution >= 4 is 23.4 Å². The van der Waals surface area contributed by atoms with Gasteiger partial charge in [0.2, 0.25) is 17.7 Å². The minimum Gasteiger partial charge on any atom is -0.497 e. The van der Waals surface area contributed by atoms with Crippen molar-refractivity contribution in [3.8, 4) is 11.5 Å². The highest BCUT2D eigenvalue weighted by atomic mass is 19.1. The van der Waals surface area contributed by atoms with Crippen molar-refractivity contribution in [3.05, 3.63) is 53.8 Å². The van der Waals surface area contributed by atoms with Crippen LogP contribution in [0.4, 0.5) is 10.1 Å². The van der Waals surface area contributed by atoms with Gasteiger partial charge in [0, 0.05) is 43.2 Å². The first kappa shape index (κ1) is 24.5. The molecule has 0 unspecified atom stereocenters. The summed E-state index contributed by atoms with van der Waals surface area (Å²) in [5.41, 5.74) is 0.964. The van der Waals surface area contributed by atoms with Crippen LogP contribution in [0, 0.1) is 5.82 Å². The highest BCUT2D eigenvalue weighted by Crippen LogP contribution is 2.32. The molecule has 3 amide bonds. The van der Waals surface area contributed by atoms with Gasteiger partial charge in [-0.3, -0.25) is 14.4 Å². The highest BCUT2D eigenvalue weighted by molar-refractivity contribution is 5.98. The van der Waals surface area contributed by atoms with E-state index >= 15 is 0 Å². The number of anilines is 1. The number of carbonyl (C=O) groups is 3. The lowest BCUT2D eigenvalue weighted by Crippen LogP contribution is -2.53. The molecule has 0 saturated carbocycles. The van der Waals surface area contributed by atoms with Crippen LogP contribution in [0.5, 0.6) is 11.5 Å². The number of rotatable bonds is 8. The lowest BCUT2D eigenvalue weighted by Gasteiger charge is -2.35. The Bertz CT molecular complexity index is 1120. The molecule has 8 nitrogen and oxygen atoms in total. The summed E-state index contributed by atoms with van der Waals surface area (Å²) in [4.78, 5) is 41.1. The smallest absolute Gasteiger partial charge is 0.246 e. The molecule has 9 heteroatoms. The van der Waals surface area contributed by atoms with E-state index in [4.69, 9.17) is 9.47 Å². The first-order valence-electron chi connectivity index (χ1n) is 11.7. The van der Waals surface area contributed by atoms with Gasteiger partial charge in [-0.2, -0.15) is 0 Å². The molecule has 4 rings (SSSR count). The molecule has 2 aliphatic rings. The summed E-state index contributed by atoms with van der Waals surface area (Å²) in [6.07, 6.45) is 2.06. The molecule has 2 fully saturated rings. The molecule has 0 bridgehead atoms. The number of carbonyl (C=O) groups excluding carboxylic acids is 3. The monoisotopic (exact) mass is 483 g/mol. The lowest BCUT2D eigenvalue weighted by atomic mass is 9.84. The third-order valence-electron chi connectivity index (χ3n) is 6.75. The number of methoxy groups -OCH3 is 2. The van der Waals surface area contributed by atoms with E-state index in [2.05, 4.69) is 5.32 Å². The average Bonchev–Trinajstić information content (AvgIpc) is 3.23. The van der Waals surface area contributed by atoms with E-state index in [1.807, 2.05) is 18.2 Å². The molecular weight excluding hydrogens is 453 g/mol. The molecule has 0 spiro atoms. The summed E-state index contributed by atoms with van der Waals surface area (Å²) in [6.45, 7) is 0.829. The molecule has 186 valence electrons. The van der Waals surface area contributed by atoms with Crippen LogP contribution in [0.1, 0.15) is 31.2 Å². The predicted molar refractivity (Wildman–Crippen MR) is 128 cm³/mol. The van der Waals surface area contributed by atoms with Crippen LogP contribution < -0.4 is 19.7 Å². The van der Waals surface area contributed by atoms with Gasteiger partial charge in [-0.25, -0.2) is 4.39 Å². The molecule has 2 aromatic rings. The Morgan fingerprint density at radius 3 is 2.63 bits per heavy atom. The number of halogens is 1. The molecule has 0 radical (unpaired) electrons. The summed E-state index contributed by atoms with van der Waals surface area (Å²) in [5.74, 6) is 0.0188. The van der Waals surface area contributed by atoms with Crippen molar-refractivity contribution in [2.75, 3.05) is 38.8 Å². The van der Waals surface area contributed by atoms with E-state index in [-0.39, 0.29) is 36.4 Å². The quantitative estimate of drug-likeness (QED) is 0.624. The van der Waals surface area contributed by atoms with E-state index in [1.165, 1.54) is 13.2 Å². The maximum Gasteiger partial charge on any atom is 0.246 e. The molecular formula is C26H30FN3O5. The second-order valence-corrected chi connectivity index (χ2v) is 9.04. The van der Waals surface area contributed by atoms with Crippen LogP contribution in [0.25, 0.3) is 0 Å². The first-order valence-corrected chi connectivity index (χ1v) is 11.7. The molecule has 2 saturated heterocycles. The second-order valence-electron chi connectivity index (χ2n) is 9.04. The van der Waals surface area contributed by atoms with Crippen LogP contribution >= 0.6 is 0 Å². The van der Waals surface area contributed by atoms with Crippen molar-refractivity contribution in [1.82, 2.24) is 10.2 Å². The third kappa shape index (κ3) is 5.55. The molecule has 2 aromatic carbocycles. The van der Waals surface area contributed by atoms with Crippen molar-refractivity contribution in [1.29, 1.82) is 0 Å². The Labute approximate surface area is 204 Å². The number of nitrogens with zero attached hydrogens (tertiary/aromatic N) is 2. The summed E-state index contributed by atoms with van der Waals surface area (Å²) >= 11 is 0. The average molecular weight is 484 g/mol. The molecule has 2 aliphatic heterocycles. The van der Waals surface area contributed by atoms with E-state index in [0.717, 1.165) is 11.3 Å². The van der Waals surface area contributed by atoms with Crippen LogP contribution in [0.2, 0.25) is 0 Å². The zero-order chi connectivity index (χ0) is 25.0. The summed E-state index contributed by atoms with van der Waals surface area (Å²) in [5, 5.41) is 3.04. The fourth-order valence-electron chi connectivity index (χ4n) is 4.83. The Balaban J connectivity index is 1.39. The predicted octanol–water partition coefficient (Wildman–Crippen LogP) is 2.69. The van der Waals surface area contributed by atoms with Crippen molar-refractivity contribution < 1.29 is 28.2 Å². The van der Waals surface area contributed by atoms with Gasteiger partial charge in [0.15, 0.2) is 11.6 Å². The third-order valence-corrected chi connectivity index (χ3v) is 6.75. The summed E-state index contributed by atoms with van der Waals surface area (Å²) in [6, 6.07) is 11.9. The van der Waals surface area contributed by atoms with Crippen LogP contribution in [0.3, 0.4) is 0 Å². The number of benzene rings is 2. The number of ether oxygens (including phenoxy) is 2. The van der Waals surface area contributed by atoms with Gasteiger partial charge in [-0.1, -0.05) is 12.1 Å². The normalized spacial score (nSPS) is 20.1. The van der Waals surface area contributed by atoms with Gasteiger partial charge in [-0.15, -0.1) is 0 Å². The molecule has 1 atom stereocenters. The van der Waals surface area contributed by atoms with Gasteiger partial charge >= 0.3 is 0 Å². The molecule has 0 aromatic heterocycles. The maximum atomic E-state index is 13.8. The van der Waals surface area contributed by atoms with E-state index in [0.29, 0.717) is 44.5 Å². The highest BCUT2D eigenvalue weighted by Gasteiger charge is 2.39. The largest absolute Gasteiger partial charge is 0.497 e. The SMILES string of the molecule is COc1cccc(N2CCN(C(=O)CC[C@@]3(Cc4ccc(F)c(OC)c4)CCC(=O)N3)CC2=O)c1. The minimum atomic E-state index is -0.595. The van der Waals surface area contributed by atoms with Crippen molar-refractivity contribution in [3.63, 3.8) is 0 Å². The van der Waals surface area contributed by atoms with Gasteiger partial charge in [0.05, 0.1) is 14.2 Å². The number of nitrogens with one attached hydrogen (secondary N) is 1. The molecule has 0 aliphatic carbocycles. The van der Waals surface area contributed by atoms with Gasteiger partial charge in [0.25, 0.3) is 0 Å². The van der Waals surface area contributed by atoms with E-state index < -0.39 is 11.4 Å². The minimum absolute atomic E-state index is 0.00453. The van der Waals surface area contributed by atoms with Crippen molar-refractivity contribution in [2.45, 2.75) is 37.6 Å². The Hall–Kier alpha value is -3.62. The molecule has 35 heavy (non-hydrogen) atoms. The Kier molecular flexibility index (Phi) is 7.23. The van der Waals surface area contributed by atoms with Crippen molar-refractivity contribution in [2.24, 2.45) is 0 Å². The standard InChI is InChI=1S/C26H30FN3O5/c1-34-20-5-3-4-19(15-20)30-13-12-29(17-25(30)33)24(32)9-11-26(10-8-23(31)28-26)16-18-6-7-21(27)22(14-18)35-2/h3-7,14-15H,8-13,16-17H2,1-2H3,(H,28,31)/t26-/m1/s1. The van der Waals surface area contributed by atoms with E-state index in [9.17, 15) is 18.8 Å². The van der Waals surface area contributed by atoms with Gasteiger partial charge in [-0.05, 0) is 49.1 Å². The van der Waals surface area contributed by atoms with Crippen LogP contribution in [-0.4, -0.2) is 62.0 Å². The fourth-order valence-corrected chi connectivity index (χ4v) is 4.83. The Morgan fingerprint density at radius 2 is 1.94 bits per heavy atom. The Morgan fingerprint density at radius 1 is 1.11 bits per heavy atom.